The van der Waals surface area contributed by atoms with E-state index in [4.69, 9.17) is 0 Å². The number of nitrogens with one attached hydrogen (secondary N) is 2. The summed E-state index contributed by atoms with van der Waals surface area (Å²) in [5.74, 6) is -0.203. The minimum absolute atomic E-state index is 0.0967. The van der Waals surface area contributed by atoms with Crippen LogP contribution < -0.4 is 10.6 Å². The summed E-state index contributed by atoms with van der Waals surface area (Å²) in [7, 11) is 1.95. The molecule has 20 heavy (non-hydrogen) atoms. The Morgan fingerprint density at radius 1 is 1.15 bits per heavy atom. The number of carbonyl (C=O) groups is 2. The van der Waals surface area contributed by atoms with Gasteiger partial charge in [0.05, 0.1) is 5.56 Å². The van der Waals surface area contributed by atoms with Gasteiger partial charge >= 0.3 is 0 Å². The van der Waals surface area contributed by atoms with Crippen LogP contribution in [-0.2, 0) is 11.8 Å². The molecular formula is C15H19N3O2. The second kappa shape index (κ2) is 5.77. The Morgan fingerprint density at radius 3 is 2.50 bits per heavy atom. The molecule has 0 fully saturated rings. The normalized spacial score (nSPS) is 10.6. The number of benzene rings is 1. The summed E-state index contributed by atoms with van der Waals surface area (Å²) < 4.78 is 2.01. The highest BCUT2D eigenvalue weighted by Gasteiger charge is 2.17. The van der Waals surface area contributed by atoms with E-state index in [0.29, 0.717) is 18.7 Å². The Labute approximate surface area is 118 Å². The smallest absolute Gasteiger partial charge is 0.253 e. The number of hydrogen-bond acceptors (Lipinski definition) is 2. The maximum Gasteiger partial charge on any atom is 0.253 e. The summed E-state index contributed by atoms with van der Waals surface area (Å²) in [6.07, 6.45) is 0. The molecule has 1 aromatic carbocycles. The van der Waals surface area contributed by atoms with E-state index in [1.807, 2.05) is 42.8 Å². The summed E-state index contributed by atoms with van der Waals surface area (Å²) in [6, 6.07) is 7.83. The first-order valence-corrected chi connectivity index (χ1v) is 6.59. The minimum atomic E-state index is -0.107. The molecule has 0 aliphatic heterocycles. The highest BCUT2D eigenvalue weighted by Crippen LogP contribution is 2.24. The zero-order valence-corrected chi connectivity index (χ0v) is 12.0. The Kier molecular flexibility index (Phi) is 4.08. The zero-order chi connectivity index (χ0) is 14.7. The van der Waals surface area contributed by atoms with Crippen molar-refractivity contribution in [3.63, 3.8) is 0 Å². The summed E-state index contributed by atoms with van der Waals surface area (Å²) >= 11 is 0. The molecule has 106 valence electrons. The Hall–Kier alpha value is -2.30. The molecule has 2 rings (SSSR count). The van der Waals surface area contributed by atoms with Crippen LogP contribution >= 0.6 is 0 Å². The lowest BCUT2D eigenvalue weighted by Crippen LogP contribution is -2.33. The topological polar surface area (TPSA) is 63.1 Å². The number of nitrogens with zero attached hydrogens (tertiary/aromatic N) is 1. The van der Waals surface area contributed by atoms with Crippen LogP contribution in [0.1, 0.15) is 23.0 Å². The van der Waals surface area contributed by atoms with E-state index in [1.54, 1.807) is 0 Å². The molecular weight excluding hydrogens is 254 g/mol. The van der Waals surface area contributed by atoms with Gasteiger partial charge in [-0.05, 0) is 13.0 Å². The van der Waals surface area contributed by atoms with Crippen LogP contribution in [0.4, 0.5) is 0 Å². The van der Waals surface area contributed by atoms with Crippen molar-refractivity contribution in [2.24, 2.45) is 7.05 Å². The van der Waals surface area contributed by atoms with Crippen LogP contribution in [0.25, 0.3) is 10.9 Å². The van der Waals surface area contributed by atoms with Crippen molar-refractivity contribution in [2.45, 2.75) is 13.8 Å². The lowest BCUT2D eigenvalue weighted by Gasteiger charge is -2.06. The zero-order valence-electron chi connectivity index (χ0n) is 12.0. The molecule has 0 saturated heterocycles. The fourth-order valence-electron chi connectivity index (χ4n) is 2.31. The van der Waals surface area contributed by atoms with Gasteiger partial charge in [0, 0.05) is 43.7 Å². The van der Waals surface area contributed by atoms with Crippen LogP contribution in [0.3, 0.4) is 0 Å². The third kappa shape index (κ3) is 2.66. The second-order valence-corrected chi connectivity index (χ2v) is 4.78. The molecule has 0 bridgehead atoms. The fourth-order valence-corrected chi connectivity index (χ4v) is 2.31. The summed E-state index contributed by atoms with van der Waals surface area (Å²) in [6.45, 7) is 4.24. The Balaban J connectivity index is 2.18. The number of para-hydroxylation sites is 1. The first-order chi connectivity index (χ1) is 9.52. The molecule has 5 nitrogen and oxygen atoms in total. The third-order valence-electron chi connectivity index (χ3n) is 3.41. The number of amides is 2. The Morgan fingerprint density at radius 2 is 1.80 bits per heavy atom. The van der Waals surface area contributed by atoms with Gasteiger partial charge in [-0.2, -0.15) is 0 Å². The molecule has 0 spiro atoms. The standard InChI is InChI=1S/C15H19N3O2/c1-10-14(15(20)17-9-8-16-11(2)19)12-6-4-5-7-13(12)18(10)3/h4-7H,8-9H2,1-3H3,(H,16,19)(H,17,20). The average Bonchev–Trinajstić information content (AvgIpc) is 2.67. The molecule has 2 aromatic rings. The molecule has 0 atom stereocenters. The molecule has 0 saturated carbocycles. The fraction of sp³-hybridized carbons (Fsp3) is 0.333. The van der Waals surface area contributed by atoms with Crippen molar-refractivity contribution in [1.29, 1.82) is 0 Å². The van der Waals surface area contributed by atoms with Gasteiger partial charge in [-0.15, -0.1) is 0 Å². The quantitative estimate of drug-likeness (QED) is 0.826. The first kappa shape index (κ1) is 14.1. The number of aryl methyl sites for hydroxylation is 1. The van der Waals surface area contributed by atoms with Crippen molar-refractivity contribution in [1.82, 2.24) is 15.2 Å². The highest BCUT2D eigenvalue weighted by molar-refractivity contribution is 6.08. The molecule has 1 aromatic heterocycles. The Bertz CT molecular complexity index is 658. The van der Waals surface area contributed by atoms with Gasteiger partial charge < -0.3 is 15.2 Å². The van der Waals surface area contributed by atoms with Gasteiger partial charge in [-0.25, -0.2) is 0 Å². The third-order valence-corrected chi connectivity index (χ3v) is 3.41. The van der Waals surface area contributed by atoms with E-state index in [0.717, 1.165) is 16.6 Å². The van der Waals surface area contributed by atoms with Gasteiger partial charge in [0.1, 0.15) is 0 Å². The lowest BCUT2D eigenvalue weighted by atomic mass is 10.1. The van der Waals surface area contributed by atoms with Crippen molar-refractivity contribution in [2.75, 3.05) is 13.1 Å². The van der Waals surface area contributed by atoms with Crippen LogP contribution in [-0.4, -0.2) is 29.5 Å². The van der Waals surface area contributed by atoms with E-state index in [-0.39, 0.29) is 11.8 Å². The molecule has 1 heterocycles. The summed E-state index contributed by atoms with van der Waals surface area (Å²) in [4.78, 5) is 23.1. The summed E-state index contributed by atoms with van der Waals surface area (Å²) in [5.41, 5.74) is 2.67. The summed E-state index contributed by atoms with van der Waals surface area (Å²) in [5, 5.41) is 6.43. The molecule has 0 aliphatic rings. The van der Waals surface area contributed by atoms with E-state index in [9.17, 15) is 9.59 Å². The molecule has 0 unspecified atom stereocenters. The van der Waals surface area contributed by atoms with E-state index in [1.165, 1.54) is 6.92 Å². The molecule has 0 aliphatic carbocycles. The number of hydrogen-bond donors (Lipinski definition) is 2. The van der Waals surface area contributed by atoms with Gasteiger partial charge in [0.25, 0.3) is 5.91 Å². The minimum Gasteiger partial charge on any atom is -0.355 e. The molecule has 5 heteroatoms. The number of fused-ring (bicyclic) bond motifs is 1. The predicted molar refractivity (Wildman–Crippen MR) is 78.7 cm³/mol. The van der Waals surface area contributed by atoms with Crippen LogP contribution in [0, 0.1) is 6.92 Å². The van der Waals surface area contributed by atoms with Gasteiger partial charge in [-0.3, -0.25) is 9.59 Å². The number of rotatable bonds is 4. The van der Waals surface area contributed by atoms with Crippen molar-refractivity contribution >= 4 is 22.7 Å². The van der Waals surface area contributed by atoms with Crippen LogP contribution in [0.2, 0.25) is 0 Å². The SMILES string of the molecule is CC(=O)NCCNC(=O)c1c(C)n(C)c2ccccc12. The van der Waals surface area contributed by atoms with Gasteiger partial charge in [0.15, 0.2) is 0 Å². The maximum atomic E-state index is 12.3. The number of carbonyl (C=O) groups excluding carboxylic acids is 2. The van der Waals surface area contributed by atoms with E-state index in [2.05, 4.69) is 10.6 Å². The predicted octanol–water partition coefficient (Wildman–Crippen LogP) is 1.35. The molecule has 2 amide bonds. The number of aromatic nitrogens is 1. The van der Waals surface area contributed by atoms with Crippen LogP contribution in [0.5, 0.6) is 0 Å². The molecule has 2 N–H and O–H groups in total. The highest BCUT2D eigenvalue weighted by atomic mass is 16.2. The van der Waals surface area contributed by atoms with E-state index < -0.39 is 0 Å². The largest absolute Gasteiger partial charge is 0.355 e. The first-order valence-electron chi connectivity index (χ1n) is 6.59. The maximum absolute atomic E-state index is 12.3. The van der Waals surface area contributed by atoms with Gasteiger partial charge in [0.2, 0.25) is 5.91 Å². The lowest BCUT2D eigenvalue weighted by molar-refractivity contribution is -0.118. The van der Waals surface area contributed by atoms with Gasteiger partial charge in [-0.1, -0.05) is 18.2 Å². The second-order valence-electron chi connectivity index (χ2n) is 4.78. The van der Waals surface area contributed by atoms with Crippen molar-refractivity contribution in [3.8, 4) is 0 Å². The van der Waals surface area contributed by atoms with Crippen molar-refractivity contribution < 1.29 is 9.59 Å². The van der Waals surface area contributed by atoms with Crippen LogP contribution in [0.15, 0.2) is 24.3 Å². The average molecular weight is 273 g/mol. The monoisotopic (exact) mass is 273 g/mol. The molecule has 0 radical (unpaired) electrons. The van der Waals surface area contributed by atoms with Crippen molar-refractivity contribution in [3.05, 3.63) is 35.5 Å². The van der Waals surface area contributed by atoms with E-state index >= 15 is 0 Å².